The van der Waals surface area contributed by atoms with Crippen molar-refractivity contribution in [1.82, 2.24) is 0 Å². The smallest absolute Gasteiger partial charge is 0.277 e. The van der Waals surface area contributed by atoms with Crippen LogP contribution in [0.2, 0.25) is 5.02 Å². The molecule has 21 heavy (non-hydrogen) atoms. The predicted octanol–water partition coefficient (Wildman–Crippen LogP) is 3.59. The molecule has 0 fully saturated rings. The van der Waals surface area contributed by atoms with E-state index in [1.165, 1.54) is 6.07 Å². The van der Waals surface area contributed by atoms with Crippen molar-refractivity contribution in [2.45, 2.75) is 20.1 Å². The normalized spacial score (nSPS) is 10.4. The van der Waals surface area contributed by atoms with Gasteiger partial charge in [-0.05, 0) is 19.1 Å². The second kappa shape index (κ2) is 6.56. The maximum atomic E-state index is 11.0. The van der Waals surface area contributed by atoms with E-state index in [2.05, 4.69) is 0 Å². The highest BCUT2D eigenvalue weighted by atomic mass is 35.5. The summed E-state index contributed by atoms with van der Waals surface area (Å²) in [7, 11) is 0. The summed E-state index contributed by atoms with van der Waals surface area (Å²) < 4.78 is 5.67. The molecule has 0 amide bonds. The largest absolute Gasteiger partial charge is 0.488 e. The molecule has 0 aromatic heterocycles. The molecule has 0 saturated heterocycles. The van der Waals surface area contributed by atoms with Gasteiger partial charge in [0.2, 0.25) is 0 Å². The Balaban J connectivity index is 2.27. The Morgan fingerprint density at radius 3 is 2.76 bits per heavy atom. The number of hydrogen-bond acceptors (Lipinski definition) is 4. The maximum Gasteiger partial charge on any atom is 0.277 e. The molecule has 2 aromatic rings. The third-order valence-electron chi connectivity index (χ3n) is 3.10. The molecule has 0 atom stereocenters. The molecule has 2 N–H and O–H groups in total. The average Bonchev–Trinajstić information content (AvgIpc) is 2.46. The number of nitrogens with zero attached hydrogens (tertiary/aromatic N) is 1. The standard InChI is InChI=1S/C15H15ClN2O3/c1-10-5-6-15(11(7-10)8-17)21-9-12-13(16)3-2-4-14(12)18(19)20/h2-7H,8-9,17H2,1H3. The van der Waals surface area contributed by atoms with E-state index in [1.807, 2.05) is 19.1 Å². The van der Waals surface area contributed by atoms with Gasteiger partial charge in [0, 0.05) is 18.2 Å². The Labute approximate surface area is 127 Å². The fraction of sp³-hybridized carbons (Fsp3) is 0.200. The number of nitro groups is 1. The van der Waals surface area contributed by atoms with E-state index in [9.17, 15) is 10.1 Å². The zero-order valence-corrected chi connectivity index (χ0v) is 12.3. The molecule has 0 radical (unpaired) electrons. The van der Waals surface area contributed by atoms with Crippen LogP contribution >= 0.6 is 11.6 Å². The Morgan fingerprint density at radius 2 is 2.10 bits per heavy atom. The van der Waals surface area contributed by atoms with Gasteiger partial charge in [-0.2, -0.15) is 0 Å². The van der Waals surface area contributed by atoms with E-state index in [1.54, 1.807) is 18.2 Å². The van der Waals surface area contributed by atoms with Crippen LogP contribution < -0.4 is 10.5 Å². The first-order chi connectivity index (χ1) is 10.0. The van der Waals surface area contributed by atoms with E-state index in [-0.39, 0.29) is 12.3 Å². The van der Waals surface area contributed by atoms with Crippen molar-refractivity contribution in [3.63, 3.8) is 0 Å². The van der Waals surface area contributed by atoms with E-state index >= 15 is 0 Å². The molecule has 2 rings (SSSR count). The Morgan fingerprint density at radius 1 is 1.33 bits per heavy atom. The van der Waals surface area contributed by atoms with E-state index in [0.29, 0.717) is 22.9 Å². The van der Waals surface area contributed by atoms with Crippen LogP contribution in [-0.2, 0) is 13.2 Å². The summed E-state index contributed by atoms with van der Waals surface area (Å²) in [6.45, 7) is 2.32. The zero-order chi connectivity index (χ0) is 15.4. The highest BCUT2D eigenvalue weighted by molar-refractivity contribution is 6.31. The van der Waals surface area contributed by atoms with Crippen molar-refractivity contribution in [3.8, 4) is 5.75 Å². The third kappa shape index (κ3) is 3.51. The molecule has 5 nitrogen and oxygen atoms in total. The summed E-state index contributed by atoms with van der Waals surface area (Å²) in [5.74, 6) is 0.609. The molecule has 6 heteroatoms. The number of nitrogens with two attached hydrogens (primary N) is 1. The van der Waals surface area contributed by atoms with Gasteiger partial charge in [0.1, 0.15) is 12.4 Å². The van der Waals surface area contributed by atoms with Crippen molar-refractivity contribution in [2.75, 3.05) is 0 Å². The van der Waals surface area contributed by atoms with Crippen LogP contribution in [0.15, 0.2) is 36.4 Å². The lowest BCUT2D eigenvalue weighted by molar-refractivity contribution is -0.385. The number of aryl methyl sites for hydroxylation is 1. The molecule has 0 bridgehead atoms. The summed E-state index contributed by atoms with van der Waals surface area (Å²) in [6.07, 6.45) is 0. The number of hydrogen-bond donors (Lipinski definition) is 1. The molecule has 110 valence electrons. The fourth-order valence-corrected chi connectivity index (χ4v) is 2.24. The molecular weight excluding hydrogens is 292 g/mol. The first-order valence-corrected chi connectivity index (χ1v) is 6.75. The molecular formula is C15H15ClN2O3. The molecule has 0 saturated carbocycles. The van der Waals surface area contributed by atoms with Crippen molar-refractivity contribution >= 4 is 17.3 Å². The second-order valence-electron chi connectivity index (χ2n) is 4.60. The number of halogens is 1. The molecule has 2 aromatic carbocycles. The zero-order valence-electron chi connectivity index (χ0n) is 11.5. The van der Waals surface area contributed by atoms with Crippen molar-refractivity contribution < 1.29 is 9.66 Å². The second-order valence-corrected chi connectivity index (χ2v) is 5.01. The van der Waals surface area contributed by atoms with Crippen molar-refractivity contribution in [1.29, 1.82) is 0 Å². The third-order valence-corrected chi connectivity index (χ3v) is 3.45. The number of ether oxygens (including phenoxy) is 1. The van der Waals surface area contributed by atoms with Gasteiger partial charge in [-0.15, -0.1) is 0 Å². The Bertz CT molecular complexity index is 674. The SMILES string of the molecule is Cc1ccc(OCc2c(Cl)cccc2[N+](=O)[O-])c(CN)c1. The van der Waals surface area contributed by atoms with Gasteiger partial charge in [-0.1, -0.05) is 35.4 Å². The average molecular weight is 307 g/mol. The topological polar surface area (TPSA) is 78.4 Å². The Kier molecular flexibility index (Phi) is 4.77. The van der Waals surface area contributed by atoms with Crippen LogP contribution in [0.25, 0.3) is 0 Å². The van der Waals surface area contributed by atoms with E-state index in [0.717, 1.165) is 11.1 Å². The lowest BCUT2D eigenvalue weighted by atomic mass is 10.1. The highest BCUT2D eigenvalue weighted by Gasteiger charge is 2.17. The molecule has 0 aliphatic carbocycles. The van der Waals surface area contributed by atoms with E-state index < -0.39 is 4.92 Å². The minimum Gasteiger partial charge on any atom is -0.488 e. The monoisotopic (exact) mass is 306 g/mol. The quantitative estimate of drug-likeness (QED) is 0.676. The summed E-state index contributed by atoms with van der Waals surface area (Å²) >= 11 is 6.03. The molecule has 0 spiro atoms. The minimum atomic E-state index is -0.469. The number of benzene rings is 2. The highest BCUT2D eigenvalue weighted by Crippen LogP contribution is 2.28. The lowest BCUT2D eigenvalue weighted by Crippen LogP contribution is -2.05. The van der Waals surface area contributed by atoms with Gasteiger partial charge in [-0.25, -0.2) is 0 Å². The first kappa shape index (κ1) is 15.3. The lowest BCUT2D eigenvalue weighted by Gasteiger charge is -2.12. The van der Waals surface area contributed by atoms with Crippen LogP contribution in [-0.4, -0.2) is 4.92 Å². The molecule has 0 unspecified atom stereocenters. The summed E-state index contributed by atoms with van der Waals surface area (Å²) in [6, 6.07) is 10.2. The van der Waals surface area contributed by atoms with Crippen molar-refractivity contribution in [2.24, 2.45) is 5.73 Å². The molecule has 0 aliphatic rings. The summed E-state index contributed by atoms with van der Waals surface area (Å²) in [5, 5.41) is 11.3. The van der Waals surface area contributed by atoms with Gasteiger partial charge in [0.25, 0.3) is 5.69 Å². The van der Waals surface area contributed by atoms with Gasteiger partial charge < -0.3 is 10.5 Å². The van der Waals surface area contributed by atoms with Crippen LogP contribution in [0.4, 0.5) is 5.69 Å². The molecule has 0 heterocycles. The summed E-state index contributed by atoms with van der Waals surface area (Å²) in [5.41, 5.74) is 7.91. The van der Waals surface area contributed by atoms with Crippen LogP contribution in [0.3, 0.4) is 0 Å². The number of nitro benzene ring substituents is 1. The van der Waals surface area contributed by atoms with E-state index in [4.69, 9.17) is 22.1 Å². The predicted molar refractivity (Wildman–Crippen MR) is 81.5 cm³/mol. The first-order valence-electron chi connectivity index (χ1n) is 6.37. The summed E-state index contributed by atoms with van der Waals surface area (Å²) in [4.78, 5) is 10.6. The van der Waals surface area contributed by atoms with Crippen LogP contribution in [0.1, 0.15) is 16.7 Å². The van der Waals surface area contributed by atoms with Crippen molar-refractivity contribution in [3.05, 3.63) is 68.2 Å². The van der Waals surface area contributed by atoms with Crippen LogP contribution in [0.5, 0.6) is 5.75 Å². The maximum absolute atomic E-state index is 11.0. The Hall–Kier alpha value is -2.11. The fourth-order valence-electron chi connectivity index (χ4n) is 2.02. The number of rotatable bonds is 5. The minimum absolute atomic E-state index is 0.0199. The van der Waals surface area contributed by atoms with Crippen LogP contribution in [0, 0.1) is 17.0 Å². The van der Waals surface area contributed by atoms with Gasteiger partial charge in [-0.3, -0.25) is 10.1 Å². The molecule has 0 aliphatic heterocycles. The van der Waals surface area contributed by atoms with Gasteiger partial charge in [0.15, 0.2) is 0 Å². The van der Waals surface area contributed by atoms with Gasteiger partial charge in [0.05, 0.1) is 15.5 Å². The van der Waals surface area contributed by atoms with Gasteiger partial charge >= 0.3 is 0 Å².